The molecule has 1 atom stereocenters. The van der Waals surface area contributed by atoms with Crippen LogP contribution in [-0.2, 0) is 22.4 Å². The molecular weight excluding hydrogens is 506 g/mol. The van der Waals surface area contributed by atoms with Gasteiger partial charge in [-0.15, -0.1) is 11.3 Å². The fourth-order valence-corrected chi connectivity index (χ4v) is 4.96. The van der Waals surface area contributed by atoms with Crippen LogP contribution in [0, 0.1) is 0 Å². The van der Waals surface area contributed by atoms with E-state index >= 15 is 0 Å². The number of alkyl halides is 3. The Balaban J connectivity index is 1.74. The van der Waals surface area contributed by atoms with Crippen LogP contribution in [0.25, 0.3) is 0 Å². The fraction of sp³-hybridized carbons (Fsp3) is 0.400. The number of nitrogens with one attached hydrogen (secondary N) is 2. The first kappa shape index (κ1) is 24.3. The largest absolute Gasteiger partial charge is 0.484 e. The molecule has 0 spiro atoms. The number of halogens is 4. The monoisotopic (exact) mass is 524 g/mol. The van der Waals surface area contributed by atoms with Gasteiger partial charge in [-0.3, -0.25) is 4.79 Å². The van der Waals surface area contributed by atoms with E-state index < -0.39 is 21.8 Å². The summed E-state index contributed by atoms with van der Waals surface area (Å²) in [4.78, 5) is 26.0. The van der Waals surface area contributed by atoms with Gasteiger partial charge < -0.3 is 20.1 Å². The standard InChI is InChI=1S/C20H20Cl4N2O4S/c1-29-18(28)16-13-4-2-3-5-14(13)31-17(16)26-19(20(22,23)24)25-15(27)10-30-12-8-6-11(21)7-9-12/h6-9,19,26H,2-5,10H2,1H3,(H,25,27)/t19-/m0/s1. The Morgan fingerprint density at radius 1 is 1.16 bits per heavy atom. The van der Waals surface area contributed by atoms with Gasteiger partial charge in [0.2, 0.25) is 3.79 Å². The van der Waals surface area contributed by atoms with E-state index in [2.05, 4.69) is 10.6 Å². The van der Waals surface area contributed by atoms with Crippen molar-refractivity contribution in [2.45, 2.75) is 35.6 Å². The maximum absolute atomic E-state index is 12.4. The Labute approximate surface area is 204 Å². The molecule has 1 heterocycles. The Bertz CT molecular complexity index is 944. The van der Waals surface area contributed by atoms with Crippen molar-refractivity contribution in [1.82, 2.24) is 5.32 Å². The second kappa shape index (κ2) is 10.5. The maximum atomic E-state index is 12.4. The van der Waals surface area contributed by atoms with Crippen molar-refractivity contribution in [3.63, 3.8) is 0 Å². The van der Waals surface area contributed by atoms with Crippen LogP contribution in [0.1, 0.15) is 33.6 Å². The average Bonchev–Trinajstić information content (AvgIpc) is 3.09. The quantitative estimate of drug-likeness (QED) is 0.288. The van der Waals surface area contributed by atoms with Gasteiger partial charge in [0, 0.05) is 9.90 Å². The highest BCUT2D eigenvalue weighted by Gasteiger charge is 2.36. The predicted octanol–water partition coefficient (Wildman–Crippen LogP) is 5.37. The summed E-state index contributed by atoms with van der Waals surface area (Å²) >= 11 is 25.6. The smallest absolute Gasteiger partial charge is 0.341 e. The number of thiophene rings is 1. The number of rotatable bonds is 7. The summed E-state index contributed by atoms with van der Waals surface area (Å²) in [5.74, 6) is -0.515. The first-order chi connectivity index (χ1) is 14.7. The Morgan fingerprint density at radius 3 is 2.48 bits per heavy atom. The lowest BCUT2D eigenvalue weighted by Crippen LogP contribution is -2.50. The number of carbonyl (C=O) groups excluding carboxylic acids is 2. The molecule has 0 radical (unpaired) electrons. The van der Waals surface area contributed by atoms with E-state index in [0.29, 0.717) is 21.3 Å². The van der Waals surface area contributed by atoms with Crippen LogP contribution in [0.2, 0.25) is 5.02 Å². The second-order valence-corrected chi connectivity index (χ2v) is 10.7. The number of hydrogen-bond donors (Lipinski definition) is 2. The molecule has 0 fully saturated rings. The van der Waals surface area contributed by atoms with Gasteiger partial charge in [0.15, 0.2) is 6.61 Å². The minimum atomic E-state index is -1.90. The van der Waals surface area contributed by atoms with E-state index in [-0.39, 0.29) is 6.61 Å². The number of esters is 1. The fourth-order valence-electron chi connectivity index (χ4n) is 3.20. The van der Waals surface area contributed by atoms with E-state index in [9.17, 15) is 9.59 Å². The summed E-state index contributed by atoms with van der Waals surface area (Å²) in [6.45, 7) is -0.300. The number of aryl methyl sites for hydroxylation is 1. The Hall–Kier alpha value is -1.38. The van der Waals surface area contributed by atoms with Crippen molar-refractivity contribution in [3.05, 3.63) is 45.3 Å². The molecule has 0 aliphatic heterocycles. The minimum Gasteiger partial charge on any atom is -0.484 e. The summed E-state index contributed by atoms with van der Waals surface area (Å²) in [6.07, 6.45) is 2.56. The van der Waals surface area contributed by atoms with Crippen molar-refractivity contribution in [2.24, 2.45) is 0 Å². The summed E-state index contributed by atoms with van der Waals surface area (Å²) in [5.41, 5.74) is 1.37. The molecule has 6 nitrogen and oxygen atoms in total. The highest BCUT2D eigenvalue weighted by Crippen LogP contribution is 2.40. The molecule has 1 amide bonds. The third-order valence-electron chi connectivity index (χ3n) is 4.65. The van der Waals surface area contributed by atoms with Crippen LogP contribution < -0.4 is 15.4 Å². The number of amides is 1. The molecule has 168 valence electrons. The SMILES string of the molecule is COC(=O)c1c(N[C@H](NC(=O)COc2ccc(Cl)cc2)C(Cl)(Cl)Cl)sc2c1CCCC2. The lowest BCUT2D eigenvalue weighted by molar-refractivity contribution is -0.123. The summed E-state index contributed by atoms with van der Waals surface area (Å²) < 4.78 is 8.50. The molecule has 0 saturated carbocycles. The van der Waals surface area contributed by atoms with Gasteiger partial charge in [0.1, 0.15) is 16.9 Å². The number of carbonyl (C=O) groups is 2. The number of fused-ring (bicyclic) bond motifs is 1. The van der Waals surface area contributed by atoms with Crippen LogP contribution in [-0.4, -0.2) is 35.6 Å². The predicted molar refractivity (Wildman–Crippen MR) is 125 cm³/mol. The van der Waals surface area contributed by atoms with Crippen LogP contribution in [0.15, 0.2) is 24.3 Å². The van der Waals surface area contributed by atoms with Gasteiger partial charge in [-0.05, 0) is 55.5 Å². The van der Waals surface area contributed by atoms with Crippen LogP contribution >= 0.6 is 57.7 Å². The highest BCUT2D eigenvalue weighted by atomic mass is 35.6. The molecule has 1 aromatic heterocycles. The minimum absolute atomic E-state index is 0.300. The molecule has 0 unspecified atom stereocenters. The van der Waals surface area contributed by atoms with Gasteiger partial charge in [0.25, 0.3) is 5.91 Å². The highest BCUT2D eigenvalue weighted by molar-refractivity contribution is 7.16. The third-order valence-corrected chi connectivity index (χ3v) is 6.78. The molecule has 3 rings (SSSR count). The van der Waals surface area contributed by atoms with E-state index in [1.165, 1.54) is 18.4 Å². The molecule has 2 N–H and O–H groups in total. The van der Waals surface area contributed by atoms with E-state index in [1.807, 2.05) is 0 Å². The van der Waals surface area contributed by atoms with Crippen molar-refractivity contribution in [2.75, 3.05) is 19.0 Å². The van der Waals surface area contributed by atoms with E-state index in [1.54, 1.807) is 24.3 Å². The van der Waals surface area contributed by atoms with Crippen molar-refractivity contribution in [1.29, 1.82) is 0 Å². The summed E-state index contributed by atoms with van der Waals surface area (Å²) in [5, 5.41) is 6.67. The van der Waals surface area contributed by atoms with Crippen LogP contribution in [0.5, 0.6) is 5.75 Å². The number of anilines is 1. The molecule has 0 saturated heterocycles. The van der Waals surface area contributed by atoms with E-state index in [0.717, 1.165) is 36.1 Å². The van der Waals surface area contributed by atoms with Gasteiger partial charge >= 0.3 is 5.97 Å². The molecule has 0 bridgehead atoms. The maximum Gasteiger partial charge on any atom is 0.341 e. The first-order valence-corrected chi connectivity index (χ1v) is 11.8. The molecule has 31 heavy (non-hydrogen) atoms. The van der Waals surface area contributed by atoms with Gasteiger partial charge in [0.05, 0.1) is 12.7 Å². The zero-order valence-corrected chi connectivity index (χ0v) is 20.3. The second-order valence-electron chi connectivity index (χ2n) is 6.84. The summed E-state index contributed by atoms with van der Waals surface area (Å²) in [6, 6.07) is 6.57. The Kier molecular flexibility index (Phi) is 8.21. The lowest BCUT2D eigenvalue weighted by atomic mass is 9.95. The van der Waals surface area contributed by atoms with Gasteiger partial charge in [-0.2, -0.15) is 0 Å². The molecule has 1 aromatic carbocycles. The molecule has 11 heteroatoms. The Morgan fingerprint density at radius 2 is 1.84 bits per heavy atom. The lowest BCUT2D eigenvalue weighted by Gasteiger charge is -2.27. The summed E-state index contributed by atoms with van der Waals surface area (Å²) in [7, 11) is 1.32. The first-order valence-electron chi connectivity index (χ1n) is 9.43. The van der Waals surface area contributed by atoms with Crippen molar-refractivity contribution < 1.29 is 19.1 Å². The van der Waals surface area contributed by atoms with E-state index in [4.69, 9.17) is 55.9 Å². The van der Waals surface area contributed by atoms with Gasteiger partial charge in [-0.25, -0.2) is 4.79 Å². The number of ether oxygens (including phenoxy) is 2. The van der Waals surface area contributed by atoms with Crippen molar-refractivity contribution in [3.8, 4) is 5.75 Å². The topological polar surface area (TPSA) is 76.7 Å². The normalized spacial score (nSPS) is 14.4. The van der Waals surface area contributed by atoms with Crippen molar-refractivity contribution >= 4 is 74.6 Å². The number of hydrogen-bond acceptors (Lipinski definition) is 6. The zero-order valence-electron chi connectivity index (χ0n) is 16.5. The number of methoxy groups -OCH3 is 1. The van der Waals surface area contributed by atoms with Crippen LogP contribution in [0.3, 0.4) is 0 Å². The van der Waals surface area contributed by atoms with Crippen LogP contribution in [0.4, 0.5) is 5.00 Å². The molecule has 2 aromatic rings. The average molecular weight is 526 g/mol. The van der Waals surface area contributed by atoms with Gasteiger partial charge in [-0.1, -0.05) is 46.4 Å². The molecular formula is C20H20Cl4N2O4S. The third kappa shape index (κ3) is 6.33. The molecule has 1 aliphatic rings. The molecule has 1 aliphatic carbocycles. The number of benzene rings is 1. The zero-order chi connectivity index (χ0) is 22.6.